The highest BCUT2D eigenvalue weighted by molar-refractivity contribution is 5.82. The molecule has 4 heteroatoms. The van der Waals surface area contributed by atoms with Gasteiger partial charge in [0.25, 0.3) is 0 Å². The number of rotatable bonds is 6. The second kappa shape index (κ2) is 16.5. The molecule has 1 aromatic rings. The number of allylic oxidation sites excluding steroid dienone is 1. The van der Waals surface area contributed by atoms with E-state index in [9.17, 15) is 9.59 Å². The van der Waals surface area contributed by atoms with Gasteiger partial charge in [-0.15, -0.1) is 0 Å². The van der Waals surface area contributed by atoms with E-state index in [4.69, 9.17) is 4.74 Å². The van der Waals surface area contributed by atoms with Gasteiger partial charge in [-0.05, 0) is 62.3 Å². The Morgan fingerprint density at radius 1 is 1.06 bits per heavy atom. The normalized spacial score (nSPS) is 20.4. The van der Waals surface area contributed by atoms with E-state index in [1.807, 2.05) is 6.92 Å². The molecule has 0 radical (unpaired) electrons. The van der Waals surface area contributed by atoms with Crippen LogP contribution in [0.4, 0.5) is 0 Å². The molecule has 2 N–H and O–H groups in total. The van der Waals surface area contributed by atoms with Gasteiger partial charge in [0.1, 0.15) is 0 Å². The van der Waals surface area contributed by atoms with Crippen molar-refractivity contribution in [2.45, 2.75) is 91.9 Å². The number of ether oxygens (including phenoxy) is 1. The van der Waals surface area contributed by atoms with Crippen LogP contribution < -0.4 is 5.73 Å². The van der Waals surface area contributed by atoms with Crippen molar-refractivity contribution < 1.29 is 14.3 Å². The fraction of sp³-hybridized carbons (Fsp3) is 0.643. The van der Waals surface area contributed by atoms with Crippen LogP contribution >= 0.6 is 0 Å². The first-order valence-corrected chi connectivity index (χ1v) is 12.5. The summed E-state index contributed by atoms with van der Waals surface area (Å²) < 4.78 is 4.99. The SMILES string of the molecule is CC(N)=O.CCC(C)Cc1ccccc1.CCOC(=O)/C=C1/CCCC(C2CCCC2)C1. The molecule has 3 rings (SSSR count). The summed E-state index contributed by atoms with van der Waals surface area (Å²) in [4.78, 5) is 20.7. The number of primary amides is 1. The molecule has 2 aliphatic rings. The van der Waals surface area contributed by atoms with E-state index >= 15 is 0 Å². The molecule has 2 aliphatic carbocycles. The number of benzene rings is 1. The number of hydrogen-bond acceptors (Lipinski definition) is 3. The molecule has 0 heterocycles. The monoisotopic (exact) mass is 443 g/mol. The highest BCUT2D eigenvalue weighted by atomic mass is 16.5. The van der Waals surface area contributed by atoms with E-state index in [-0.39, 0.29) is 11.9 Å². The Kier molecular flexibility index (Phi) is 14.4. The third kappa shape index (κ3) is 12.7. The quantitative estimate of drug-likeness (QED) is 0.396. The topological polar surface area (TPSA) is 69.4 Å². The lowest BCUT2D eigenvalue weighted by Crippen LogP contribution is -2.17. The van der Waals surface area contributed by atoms with Crippen LogP contribution in [0.25, 0.3) is 0 Å². The second-order valence-electron chi connectivity index (χ2n) is 9.27. The van der Waals surface area contributed by atoms with Gasteiger partial charge in [0, 0.05) is 13.0 Å². The van der Waals surface area contributed by atoms with Crippen molar-refractivity contribution >= 4 is 11.9 Å². The molecule has 4 nitrogen and oxygen atoms in total. The minimum atomic E-state index is -0.333. The molecule has 2 atom stereocenters. The van der Waals surface area contributed by atoms with Crippen molar-refractivity contribution in [3.05, 3.63) is 47.5 Å². The van der Waals surface area contributed by atoms with Crippen molar-refractivity contribution in [3.63, 3.8) is 0 Å². The first kappa shape index (κ1) is 27.9. The van der Waals surface area contributed by atoms with Crippen molar-refractivity contribution in [2.24, 2.45) is 23.5 Å². The summed E-state index contributed by atoms with van der Waals surface area (Å²) in [6.45, 7) is 8.19. The van der Waals surface area contributed by atoms with Crippen LogP contribution in [0, 0.1) is 17.8 Å². The third-order valence-corrected chi connectivity index (χ3v) is 6.40. The van der Waals surface area contributed by atoms with Crippen molar-refractivity contribution in [2.75, 3.05) is 6.61 Å². The van der Waals surface area contributed by atoms with Crippen molar-refractivity contribution in [1.29, 1.82) is 0 Å². The lowest BCUT2D eigenvalue weighted by molar-refractivity contribution is -0.137. The van der Waals surface area contributed by atoms with Gasteiger partial charge in [-0.2, -0.15) is 0 Å². The van der Waals surface area contributed by atoms with Gasteiger partial charge in [-0.3, -0.25) is 4.79 Å². The zero-order valence-corrected chi connectivity index (χ0v) is 20.8. The molecule has 0 saturated heterocycles. The smallest absolute Gasteiger partial charge is 0.330 e. The molecule has 0 aromatic heterocycles. The van der Waals surface area contributed by atoms with Crippen LogP contribution in [0.3, 0.4) is 0 Å². The van der Waals surface area contributed by atoms with Crippen LogP contribution in [0.2, 0.25) is 0 Å². The van der Waals surface area contributed by atoms with Crippen molar-refractivity contribution in [1.82, 2.24) is 0 Å². The molecule has 0 bridgehead atoms. The maximum Gasteiger partial charge on any atom is 0.330 e. The molecule has 2 saturated carbocycles. The van der Waals surface area contributed by atoms with Crippen LogP contribution in [-0.4, -0.2) is 18.5 Å². The Hall–Kier alpha value is -2.10. The predicted octanol–water partition coefficient (Wildman–Crippen LogP) is 6.62. The minimum absolute atomic E-state index is 0.144. The van der Waals surface area contributed by atoms with Crippen molar-refractivity contribution in [3.8, 4) is 0 Å². The van der Waals surface area contributed by atoms with Crippen LogP contribution in [-0.2, 0) is 20.7 Å². The number of carbonyl (C=O) groups is 2. The van der Waals surface area contributed by atoms with E-state index in [1.165, 1.54) is 69.4 Å². The van der Waals surface area contributed by atoms with E-state index < -0.39 is 0 Å². The minimum Gasteiger partial charge on any atom is -0.463 e. The fourth-order valence-corrected chi connectivity index (χ4v) is 4.61. The zero-order chi connectivity index (χ0) is 23.8. The lowest BCUT2D eigenvalue weighted by Gasteiger charge is -2.29. The van der Waals surface area contributed by atoms with Gasteiger partial charge >= 0.3 is 5.97 Å². The fourth-order valence-electron chi connectivity index (χ4n) is 4.61. The van der Waals surface area contributed by atoms with Gasteiger partial charge < -0.3 is 10.5 Å². The average molecular weight is 444 g/mol. The molecule has 2 unspecified atom stereocenters. The molecule has 1 aromatic carbocycles. The molecule has 180 valence electrons. The number of nitrogens with two attached hydrogens (primary N) is 1. The predicted molar refractivity (Wildman–Crippen MR) is 133 cm³/mol. The standard InChI is InChI=1S/C15H24O2.C11H16.C2H5NO/c1-2-17-15(16)11-12-6-5-9-14(10-12)13-7-3-4-8-13;1-3-10(2)9-11-7-5-4-6-8-11;1-2(3)4/h11,13-14H,2-10H2,1H3;4-8,10H,3,9H2,1-2H3;1H3,(H2,3,4)/b12-11-;;. The first-order valence-electron chi connectivity index (χ1n) is 12.5. The Balaban J connectivity index is 0.000000293. The molecule has 2 fully saturated rings. The highest BCUT2D eigenvalue weighted by Gasteiger charge is 2.28. The van der Waals surface area contributed by atoms with Crippen LogP contribution in [0.5, 0.6) is 0 Å². The van der Waals surface area contributed by atoms with Gasteiger partial charge in [-0.25, -0.2) is 4.79 Å². The van der Waals surface area contributed by atoms with Gasteiger partial charge in [0.05, 0.1) is 6.61 Å². The first-order chi connectivity index (χ1) is 15.3. The summed E-state index contributed by atoms with van der Waals surface area (Å²) in [5.74, 6) is 2.11. The van der Waals surface area contributed by atoms with Gasteiger partial charge in [-0.1, -0.05) is 81.9 Å². The largest absolute Gasteiger partial charge is 0.463 e. The molecule has 32 heavy (non-hydrogen) atoms. The molecule has 0 aliphatic heterocycles. The number of hydrogen-bond donors (Lipinski definition) is 1. The summed E-state index contributed by atoms with van der Waals surface area (Å²) in [5.41, 5.74) is 7.26. The second-order valence-corrected chi connectivity index (χ2v) is 9.27. The maximum atomic E-state index is 11.4. The van der Waals surface area contributed by atoms with Gasteiger partial charge in [0.15, 0.2) is 0 Å². The molecular weight excluding hydrogens is 398 g/mol. The Morgan fingerprint density at radius 3 is 2.22 bits per heavy atom. The van der Waals surface area contributed by atoms with Crippen LogP contribution in [0.15, 0.2) is 42.0 Å². The highest BCUT2D eigenvalue weighted by Crippen LogP contribution is 2.40. The molecule has 0 spiro atoms. The van der Waals surface area contributed by atoms with E-state index in [0.29, 0.717) is 6.61 Å². The molecular formula is C28H45NO3. The summed E-state index contributed by atoms with van der Waals surface area (Å²) in [6, 6.07) is 10.7. The summed E-state index contributed by atoms with van der Waals surface area (Å²) >= 11 is 0. The van der Waals surface area contributed by atoms with Crippen LogP contribution in [0.1, 0.15) is 91.0 Å². The molecule has 1 amide bonds. The number of carbonyl (C=O) groups excluding carboxylic acids is 2. The Bertz CT molecular complexity index is 673. The lowest BCUT2D eigenvalue weighted by atomic mass is 9.77. The zero-order valence-electron chi connectivity index (χ0n) is 20.8. The number of amides is 1. The Morgan fingerprint density at radius 2 is 1.66 bits per heavy atom. The summed E-state index contributed by atoms with van der Waals surface area (Å²) in [5, 5.41) is 0. The number of esters is 1. The third-order valence-electron chi connectivity index (χ3n) is 6.40. The summed E-state index contributed by atoms with van der Waals surface area (Å²) in [6.07, 6.45) is 14.8. The maximum absolute atomic E-state index is 11.4. The average Bonchev–Trinajstić information content (AvgIpc) is 3.30. The van der Waals surface area contributed by atoms with E-state index in [1.54, 1.807) is 6.08 Å². The summed E-state index contributed by atoms with van der Waals surface area (Å²) in [7, 11) is 0. The van der Waals surface area contributed by atoms with Gasteiger partial charge in [0.2, 0.25) is 5.91 Å². The Labute approximate surface area is 196 Å². The van der Waals surface area contributed by atoms with E-state index in [2.05, 4.69) is 49.9 Å². The van der Waals surface area contributed by atoms with E-state index in [0.717, 1.165) is 30.6 Å².